The zero-order valence-corrected chi connectivity index (χ0v) is 9.21. The minimum Gasteiger partial charge on any atom is -0.342 e. The van der Waals surface area contributed by atoms with Gasteiger partial charge in [0, 0.05) is 25.6 Å². The molecule has 1 amide bonds. The van der Waals surface area contributed by atoms with Gasteiger partial charge in [-0.25, -0.2) is 0 Å². The molecule has 0 aliphatic rings. The molecular weight excluding hydrogens is 178 g/mol. The molecule has 0 rings (SSSR count). The lowest BCUT2D eigenvalue weighted by Gasteiger charge is -2.23. The molecule has 1 N–H and O–H groups in total. The fourth-order valence-electron chi connectivity index (χ4n) is 1.31. The average molecular weight is 197 g/mol. The van der Waals surface area contributed by atoms with Gasteiger partial charge in [0.25, 0.3) is 0 Å². The maximum atomic E-state index is 11.7. The van der Waals surface area contributed by atoms with E-state index in [4.69, 9.17) is 5.26 Å². The maximum Gasteiger partial charge on any atom is 0.226 e. The van der Waals surface area contributed by atoms with E-state index in [2.05, 4.69) is 5.32 Å². The Balaban J connectivity index is 4.09. The predicted molar refractivity (Wildman–Crippen MR) is 55.6 cm³/mol. The van der Waals surface area contributed by atoms with E-state index in [1.165, 1.54) is 0 Å². The zero-order valence-electron chi connectivity index (χ0n) is 9.21. The van der Waals surface area contributed by atoms with E-state index in [-0.39, 0.29) is 11.8 Å². The Hall–Kier alpha value is -1.08. The van der Waals surface area contributed by atoms with Crippen molar-refractivity contribution in [3.63, 3.8) is 0 Å². The normalized spacial score (nSPS) is 11.9. The van der Waals surface area contributed by atoms with Crippen molar-refractivity contribution in [3.05, 3.63) is 0 Å². The summed E-state index contributed by atoms with van der Waals surface area (Å²) in [6.07, 6.45) is 0.409. The van der Waals surface area contributed by atoms with Crippen molar-refractivity contribution in [3.8, 4) is 6.07 Å². The standard InChI is InChI=1S/C10H19N3O/c1-4-13(7-5-6-11)10(14)9(2)8-12-3/h9,12H,4-5,7-8H2,1-3H3. The van der Waals surface area contributed by atoms with Crippen LogP contribution in [-0.4, -0.2) is 37.5 Å². The van der Waals surface area contributed by atoms with Crippen molar-refractivity contribution in [1.82, 2.24) is 10.2 Å². The third-order valence-corrected chi connectivity index (χ3v) is 2.12. The molecule has 80 valence electrons. The largest absolute Gasteiger partial charge is 0.342 e. The molecule has 0 fully saturated rings. The third-order valence-electron chi connectivity index (χ3n) is 2.12. The van der Waals surface area contributed by atoms with Gasteiger partial charge in [-0.3, -0.25) is 4.79 Å². The lowest BCUT2D eigenvalue weighted by Crippen LogP contribution is -2.38. The van der Waals surface area contributed by atoms with Crippen LogP contribution >= 0.6 is 0 Å². The van der Waals surface area contributed by atoms with Crippen molar-refractivity contribution in [1.29, 1.82) is 5.26 Å². The number of carbonyl (C=O) groups excluding carboxylic acids is 1. The first-order valence-corrected chi connectivity index (χ1v) is 4.97. The fourth-order valence-corrected chi connectivity index (χ4v) is 1.31. The molecular formula is C10H19N3O. The van der Waals surface area contributed by atoms with Crippen molar-refractivity contribution >= 4 is 5.91 Å². The van der Waals surface area contributed by atoms with Crippen molar-refractivity contribution < 1.29 is 4.79 Å². The Labute approximate surface area is 85.9 Å². The second kappa shape index (κ2) is 7.34. The lowest BCUT2D eigenvalue weighted by molar-refractivity contribution is -0.134. The molecule has 0 saturated heterocycles. The van der Waals surface area contributed by atoms with E-state index in [9.17, 15) is 4.79 Å². The summed E-state index contributed by atoms with van der Waals surface area (Å²) in [5.74, 6) is 0.107. The van der Waals surface area contributed by atoms with Crippen LogP contribution in [-0.2, 0) is 4.79 Å². The molecule has 14 heavy (non-hydrogen) atoms. The lowest BCUT2D eigenvalue weighted by atomic mass is 10.1. The number of hydrogen-bond donors (Lipinski definition) is 1. The second-order valence-electron chi connectivity index (χ2n) is 3.28. The Kier molecular flexibility index (Phi) is 6.77. The summed E-state index contributed by atoms with van der Waals surface area (Å²) >= 11 is 0. The summed E-state index contributed by atoms with van der Waals surface area (Å²) in [4.78, 5) is 13.5. The van der Waals surface area contributed by atoms with Crippen molar-refractivity contribution in [2.75, 3.05) is 26.7 Å². The van der Waals surface area contributed by atoms with Crippen LogP contribution in [0.3, 0.4) is 0 Å². The van der Waals surface area contributed by atoms with Gasteiger partial charge in [-0.1, -0.05) is 6.92 Å². The van der Waals surface area contributed by atoms with Gasteiger partial charge in [0.1, 0.15) is 0 Å². The highest BCUT2D eigenvalue weighted by atomic mass is 16.2. The minimum atomic E-state index is -0.0151. The van der Waals surface area contributed by atoms with Gasteiger partial charge in [0.2, 0.25) is 5.91 Å². The molecule has 0 heterocycles. The first kappa shape index (κ1) is 12.9. The SMILES string of the molecule is CCN(CCC#N)C(=O)C(C)CNC. The maximum absolute atomic E-state index is 11.7. The van der Waals surface area contributed by atoms with Crippen LogP contribution in [0.25, 0.3) is 0 Å². The topological polar surface area (TPSA) is 56.1 Å². The summed E-state index contributed by atoms with van der Waals surface area (Å²) in [5, 5.41) is 11.4. The van der Waals surface area contributed by atoms with Gasteiger partial charge in [-0.2, -0.15) is 5.26 Å². The number of rotatable bonds is 6. The molecule has 0 radical (unpaired) electrons. The molecule has 0 aliphatic carbocycles. The highest BCUT2D eigenvalue weighted by Crippen LogP contribution is 2.02. The molecule has 0 aromatic rings. The molecule has 0 aliphatic heterocycles. The number of nitrogens with zero attached hydrogens (tertiary/aromatic N) is 2. The van der Waals surface area contributed by atoms with Gasteiger partial charge in [0.05, 0.1) is 12.5 Å². The molecule has 0 bridgehead atoms. The molecule has 0 aromatic heterocycles. The smallest absolute Gasteiger partial charge is 0.226 e. The van der Waals surface area contributed by atoms with Crippen LogP contribution < -0.4 is 5.32 Å². The molecule has 0 spiro atoms. The third kappa shape index (κ3) is 4.24. The first-order chi connectivity index (χ1) is 6.67. The van der Waals surface area contributed by atoms with Crippen LogP contribution in [0.15, 0.2) is 0 Å². The van der Waals surface area contributed by atoms with Crippen LogP contribution in [0, 0.1) is 17.2 Å². The summed E-state index contributed by atoms with van der Waals surface area (Å²) < 4.78 is 0. The van der Waals surface area contributed by atoms with Gasteiger partial charge in [-0.05, 0) is 14.0 Å². The molecule has 0 aromatic carbocycles. The first-order valence-electron chi connectivity index (χ1n) is 4.97. The minimum absolute atomic E-state index is 0.0151. The molecule has 4 heteroatoms. The van der Waals surface area contributed by atoms with Crippen LogP contribution in [0.5, 0.6) is 0 Å². The highest BCUT2D eigenvalue weighted by molar-refractivity contribution is 5.78. The van der Waals surface area contributed by atoms with E-state index < -0.39 is 0 Å². The monoisotopic (exact) mass is 197 g/mol. The predicted octanol–water partition coefficient (Wildman–Crippen LogP) is 0.604. The number of hydrogen-bond acceptors (Lipinski definition) is 3. The van der Waals surface area contributed by atoms with Crippen molar-refractivity contribution in [2.24, 2.45) is 5.92 Å². The molecule has 4 nitrogen and oxygen atoms in total. The fraction of sp³-hybridized carbons (Fsp3) is 0.800. The van der Waals surface area contributed by atoms with Gasteiger partial charge < -0.3 is 10.2 Å². The van der Waals surface area contributed by atoms with Crippen LogP contribution in [0.4, 0.5) is 0 Å². The van der Waals surface area contributed by atoms with Gasteiger partial charge >= 0.3 is 0 Å². The molecule has 1 unspecified atom stereocenters. The van der Waals surface area contributed by atoms with Gasteiger partial charge in [-0.15, -0.1) is 0 Å². The number of amides is 1. The van der Waals surface area contributed by atoms with Gasteiger partial charge in [0.15, 0.2) is 0 Å². The van der Waals surface area contributed by atoms with E-state index >= 15 is 0 Å². The van der Waals surface area contributed by atoms with E-state index in [0.717, 1.165) is 0 Å². The summed E-state index contributed by atoms with van der Waals surface area (Å²) in [5.41, 5.74) is 0. The Morgan fingerprint density at radius 2 is 2.29 bits per heavy atom. The van der Waals surface area contributed by atoms with E-state index in [1.807, 2.05) is 27.0 Å². The highest BCUT2D eigenvalue weighted by Gasteiger charge is 2.17. The second-order valence-corrected chi connectivity index (χ2v) is 3.28. The van der Waals surface area contributed by atoms with Crippen LogP contribution in [0.2, 0.25) is 0 Å². The Morgan fingerprint density at radius 3 is 2.71 bits per heavy atom. The summed E-state index contributed by atoms with van der Waals surface area (Å²) in [6, 6.07) is 2.05. The summed E-state index contributed by atoms with van der Waals surface area (Å²) in [6.45, 7) is 5.73. The zero-order chi connectivity index (χ0) is 11.0. The summed E-state index contributed by atoms with van der Waals surface area (Å²) in [7, 11) is 1.83. The van der Waals surface area contributed by atoms with E-state index in [0.29, 0.717) is 26.1 Å². The number of nitrogens with one attached hydrogen (secondary N) is 1. The number of nitriles is 1. The quantitative estimate of drug-likeness (QED) is 0.678. The average Bonchev–Trinajstić information content (AvgIpc) is 2.19. The Morgan fingerprint density at radius 1 is 1.64 bits per heavy atom. The van der Waals surface area contributed by atoms with Crippen molar-refractivity contribution in [2.45, 2.75) is 20.3 Å². The molecule has 0 saturated carbocycles. The number of carbonyl (C=O) groups is 1. The van der Waals surface area contributed by atoms with Crippen LogP contribution in [0.1, 0.15) is 20.3 Å². The molecule has 1 atom stereocenters. The van der Waals surface area contributed by atoms with E-state index in [1.54, 1.807) is 4.90 Å². The Bertz CT molecular complexity index is 210.